The highest BCUT2D eigenvalue weighted by atomic mass is 32.2. The summed E-state index contributed by atoms with van der Waals surface area (Å²) in [7, 11) is -4.25. The van der Waals surface area contributed by atoms with Crippen molar-refractivity contribution in [2.75, 3.05) is 13.1 Å². The number of halogens is 3. The fourth-order valence-corrected chi connectivity index (χ4v) is 8.36. The molecule has 0 radical (unpaired) electrons. The van der Waals surface area contributed by atoms with E-state index in [1.807, 2.05) is 6.92 Å². The van der Waals surface area contributed by atoms with Crippen molar-refractivity contribution in [3.05, 3.63) is 29.8 Å². The van der Waals surface area contributed by atoms with E-state index in [1.54, 1.807) is 6.92 Å². The third kappa shape index (κ3) is 4.94. The van der Waals surface area contributed by atoms with Crippen LogP contribution in [0.2, 0.25) is 0 Å². The van der Waals surface area contributed by atoms with Crippen LogP contribution >= 0.6 is 0 Å². The molecule has 0 aromatic heterocycles. The van der Waals surface area contributed by atoms with E-state index in [0.29, 0.717) is 12.5 Å². The van der Waals surface area contributed by atoms with Gasteiger partial charge in [-0.1, -0.05) is 13.0 Å². The zero-order chi connectivity index (χ0) is 24.0. The van der Waals surface area contributed by atoms with E-state index >= 15 is 0 Å². The molecule has 1 aromatic rings. The Bertz CT molecular complexity index is 958. The van der Waals surface area contributed by atoms with Crippen molar-refractivity contribution in [2.24, 2.45) is 23.2 Å². The molecular formula is C24H33F3N2O3S. The monoisotopic (exact) mass is 486 g/mol. The molecule has 1 atom stereocenters. The first-order valence-electron chi connectivity index (χ1n) is 11.9. The van der Waals surface area contributed by atoms with Crippen LogP contribution in [0.5, 0.6) is 0 Å². The lowest BCUT2D eigenvalue weighted by atomic mass is 9.48. The SMILES string of the molecule is CCCN(CC(=O)NC(C)C12CC3CC(CC(C3)C1)C2)S(=O)(=O)c1cccc(C(F)(F)F)c1. The molecule has 0 heterocycles. The number of hydrogen-bond acceptors (Lipinski definition) is 3. The molecule has 4 bridgehead atoms. The van der Waals surface area contributed by atoms with Gasteiger partial charge in [-0.15, -0.1) is 0 Å². The first-order chi connectivity index (χ1) is 15.4. The lowest BCUT2D eigenvalue weighted by Crippen LogP contribution is -2.56. The second kappa shape index (κ2) is 8.87. The zero-order valence-electron chi connectivity index (χ0n) is 19.2. The largest absolute Gasteiger partial charge is 0.416 e. The first-order valence-corrected chi connectivity index (χ1v) is 13.3. The molecule has 4 aliphatic rings. The first kappa shape index (κ1) is 24.5. The number of carbonyl (C=O) groups is 1. The molecule has 9 heteroatoms. The van der Waals surface area contributed by atoms with Gasteiger partial charge in [-0.3, -0.25) is 4.79 Å². The quantitative estimate of drug-likeness (QED) is 0.573. The van der Waals surface area contributed by atoms with Crippen LogP contribution in [-0.2, 0) is 21.0 Å². The highest BCUT2D eigenvalue weighted by Gasteiger charge is 2.53. The van der Waals surface area contributed by atoms with Gasteiger partial charge in [0.1, 0.15) is 0 Å². The van der Waals surface area contributed by atoms with Crippen molar-refractivity contribution in [1.29, 1.82) is 0 Å². The maximum Gasteiger partial charge on any atom is 0.416 e. The van der Waals surface area contributed by atoms with Gasteiger partial charge in [0.05, 0.1) is 17.0 Å². The maximum atomic E-state index is 13.1. The Labute approximate surface area is 194 Å². The maximum absolute atomic E-state index is 13.1. The fraction of sp³-hybridized carbons (Fsp3) is 0.708. The van der Waals surface area contributed by atoms with Crippen LogP contribution in [-0.4, -0.2) is 37.8 Å². The highest BCUT2D eigenvalue weighted by molar-refractivity contribution is 7.89. The smallest absolute Gasteiger partial charge is 0.352 e. The molecule has 1 amide bonds. The highest BCUT2D eigenvalue weighted by Crippen LogP contribution is 2.61. The number of benzene rings is 1. The van der Waals surface area contributed by atoms with Crippen LogP contribution in [0.3, 0.4) is 0 Å². The summed E-state index contributed by atoms with van der Waals surface area (Å²) < 4.78 is 66.5. The molecule has 0 aliphatic heterocycles. The molecule has 0 saturated heterocycles. The van der Waals surface area contributed by atoms with E-state index in [4.69, 9.17) is 0 Å². The summed E-state index contributed by atoms with van der Waals surface area (Å²) in [5, 5.41) is 3.06. The van der Waals surface area contributed by atoms with E-state index in [1.165, 1.54) is 19.3 Å². The van der Waals surface area contributed by atoms with Crippen molar-refractivity contribution in [3.63, 3.8) is 0 Å². The minimum atomic E-state index is -4.65. The van der Waals surface area contributed by atoms with Crippen LogP contribution in [0.15, 0.2) is 29.2 Å². The summed E-state index contributed by atoms with van der Waals surface area (Å²) >= 11 is 0. The Morgan fingerprint density at radius 3 is 2.24 bits per heavy atom. The third-order valence-corrected chi connectivity index (χ3v) is 9.81. The number of nitrogens with zero attached hydrogens (tertiary/aromatic N) is 1. The average molecular weight is 487 g/mol. The van der Waals surface area contributed by atoms with Gasteiger partial charge >= 0.3 is 6.18 Å². The van der Waals surface area contributed by atoms with E-state index in [2.05, 4.69) is 5.32 Å². The Morgan fingerprint density at radius 2 is 1.73 bits per heavy atom. The van der Waals surface area contributed by atoms with Gasteiger partial charge in [0.25, 0.3) is 0 Å². The molecular weight excluding hydrogens is 453 g/mol. The standard InChI is InChI=1S/C24H33F3N2O3S/c1-3-7-29(33(31,32)21-6-4-5-20(11-21)24(25,26)27)15-22(30)28-16(2)23-12-17-8-18(13-23)10-19(9-17)14-23/h4-6,11,16-19H,3,7-10,12-15H2,1-2H3,(H,28,30). The lowest BCUT2D eigenvalue weighted by Gasteiger charge is -2.59. The molecule has 4 fully saturated rings. The summed E-state index contributed by atoms with van der Waals surface area (Å²) in [6, 6.07) is 3.63. The summed E-state index contributed by atoms with van der Waals surface area (Å²) in [5.41, 5.74) is -0.945. The Kier molecular flexibility index (Phi) is 6.59. The number of hydrogen-bond donors (Lipinski definition) is 1. The van der Waals surface area contributed by atoms with Crippen molar-refractivity contribution in [3.8, 4) is 0 Å². The van der Waals surface area contributed by atoms with Gasteiger partial charge in [0, 0.05) is 12.6 Å². The summed E-state index contributed by atoms with van der Waals surface area (Å²) in [4.78, 5) is 12.5. The summed E-state index contributed by atoms with van der Waals surface area (Å²) in [6.45, 7) is 3.45. The molecule has 4 saturated carbocycles. The minimum absolute atomic E-state index is 0.0533. The molecule has 33 heavy (non-hydrogen) atoms. The molecule has 184 valence electrons. The van der Waals surface area contributed by atoms with Gasteiger partial charge in [-0.2, -0.15) is 17.5 Å². The molecule has 1 N–H and O–H groups in total. The molecule has 0 spiro atoms. The molecule has 1 unspecified atom stereocenters. The molecule has 5 rings (SSSR count). The van der Waals surface area contributed by atoms with Crippen LogP contribution in [0.1, 0.15) is 64.4 Å². The van der Waals surface area contributed by atoms with Gasteiger partial charge < -0.3 is 5.32 Å². The van der Waals surface area contributed by atoms with Crippen LogP contribution < -0.4 is 5.32 Å². The molecule has 5 nitrogen and oxygen atoms in total. The topological polar surface area (TPSA) is 66.5 Å². The fourth-order valence-electron chi connectivity index (χ4n) is 6.82. The zero-order valence-corrected chi connectivity index (χ0v) is 20.0. The second-order valence-corrected chi connectivity index (χ2v) is 12.4. The number of carbonyl (C=O) groups excluding carboxylic acids is 1. The average Bonchev–Trinajstić information content (AvgIpc) is 2.72. The Hall–Kier alpha value is -1.61. The predicted octanol–water partition coefficient (Wildman–Crippen LogP) is 4.83. The van der Waals surface area contributed by atoms with Crippen molar-refractivity contribution in [2.45, 2.75) is 75.9 Å². The van der Waals surface area contributed by atoms with Crippen molar-refractivity contribution in [1.82, 2.24) is 9.62 Å². The number of sulfonamides is 1. The van der Waals surface area contributed by atoms with Crippen molar-refractivity contribution >= 4 is 15.9 Å². The number of amides is 1. The Morgan fingerprint density at radius 1 is 1.15 bits per heavy atom. The van der Waals surface area contributed by atoms with Gasteiger partial charge in [0.2, 0.25) is 15.9 Å². The minimum Gasteiger partial charge on any atom is -0.352 e. The van der Waals surface area contributed by atoms with Crippen LogP contribution in [0, 0.1) is 23.2 Å². The molecule has 1 aromatic carbocycles. The van der Waals surface area contributed by atoms with Gasteiger partial charge in [0.15, 0.2) is 0 Å². The third-order valence-electron chi connectivity index (χ3n) is 7.97. The van der Waals surface area contributed by atoms with E-state index in [0.717, 1.165) is 59.5 Å². The number of alkyl halides is 3. The van der Waals surface area contributed by atoms with E-state index in [-0.39, 0.29) is 18.0 Å². The Balaban J connectivity index is 1.47. The van der Waals surface area contributed by atoms with Gasteiger partial charge in [-0.25, -0.2) is 8.42 Å². The van der Waals surface area contributed by atoms with Crippen molar-refractivity contribution < 1.29 is 26.4 Å². The van der Waals surface area contributed by atoms with E-state index in [9.17, 15) is 26.4 Å². The van der Waals surface area contributed by atoms with Gasteiger partial charge in [-0.05, 0) is 93.2 Å². The second-order valence-electron chi connectivity index (χ2n) is 10.4. The predicted molar refractivity (Wildman–Crippen MR) is 119 cm³/mol. The molecule has 4 aliphatic carbocycles. The summed E-state index contributed by atoms with van der Waals surface area (Å²) in [5.74, 6) is 1.79. The van der Waals surface area contributed by atoms with Crippen LogP contribution in [0.4, 0.5) is 13.2 Å². The lowest BCUT2D eigenvalue weighted by molar-refractivity contribution is -0.137. The normalized spacial score (nSPS) is 29.9. The van der Waals surface area contributed by atoms with E-state index < -0.39 is 39.1 Å². The number of rotatable bonds is 8. The number of nitrogens with one attached hydrogen (secondary N) is 1. The summed E-state index contributed by atoms with van der Waals surface area (Å²) in [6.07, 6.45) is 3.00. The van der Waals surface area contributed by atoms with Crippen LogP contribution in [0.25, 0.3) is 0 Å².